The number of rotatable bonds is 6. The molecule has 1 saturated carbocycles. The van der Waals surface area contributed by atoms with Gasteiger partial charge in [-0.3, -0.25) is 4.79 Å². The average molecular weight is 297 g/mol. The monoisotopic (exact) mass is 297 g/mol. The van der Waals surface area contributed by atoms with E-state index in [-0.39, 0.29) is 12.5 Å². The molecule has 0 aromatic heterocycles. The first-order valence-corrected chi connectivity index (χ1v) is 7.46. The van der Waals surface area contributed by atoms with Crippen LogP contribution in [0.15, 0.2) is 48.5 Å². The van der Waals surface area contributed by atoms with E-state index in [9.17, 15) is 4.79 Å². The van der Waals surface area contributed by atoms with Crippen LogP contribution in [0.5, 0.6) is 17.2 Å². The molecule has 4 nitrogen and oxygen atoms in total. The third kappa shape index (κ3) is 4.25. The Morgan fingerprint density at radius 3 is 2.14 bits per heavy atom. The largest absolute Gasteiger partial charge is 0.484 e. The molecular formula is C18H19NO3. The number of hydrogen-bond acceptors (Lipinski definition) is 3. The van der Waals surface area contributed by atoms with Crippen molar-refractivity contribution in [2.75, 3.05) is 6.61 Å². The second-order valence-electron chi connectivity index (χ2n) is 5.52. The van der Waals surface area contributed by atoms with Crippen LogP contribution in [0.2, 0.25) is 0 Å². The molecule has 0 heterocycles. The van der Waals surface area contributed by atoms with Crippen molar-refractivity contribution in [2.45, 2.75) is 25.8 Å². The Morgan fingerprint density at radius 1 is 1.00 bits per heavy atom. The highest BCUT2D eigenvalue weighted by Gasteiger charge is 2.23. The van der Waals surface area contributed by atoms with Crippen LogP contribution in [0.25, 0.3) is 0 Å². The number of aryl methyl sites for hydroxylation is 1. The van der Waals surface area contributed by atoms with Gasteiger partial charge in [0, 0.05) is 6.04 Å². The van der Waals surface area contributed by atoms with Crippen molar-refractivity contribution in [3.05, 3.63) is 54.1 Å². The van der Waals surface area contributed by atoms with Crippen LogP contribution >= 0.6 is 0 Å². The Kier molecular flexibility index (Phi) is 4.28. The summed E-state index contributed by atoms with van der Waals surface area (Å²) in [5, 5.41) is 2.88. The van der Waals surface area contributed by atoms with Crippen LogP contribution in [-0.2, 0) is 4.79 Å². The minimum absolute atomic E-state index is 0.0503. The van der Waals surface area contributed by atoms with Crippen LogP contribution in [0.1, 0.15) is 18.4 Å². The zero-order valence-corrected chi connectivity index (χ0v) is 12.5. The number of carbonyl (C=O) groups is 1. The summed E-state index contributed by atoms with van der Waals surface area (Å²) in [5.41, 5.74) is 1.19. The Balaban J connectivity index is 1.50. The van der Waals surface area contributed by atoms with E-state index in [1.54, 1.807) is 12.1 Å². The maximum atomic E-state index is 11.5. The van der Waals surface area contributed by atoms with Crippen LogP contribution in [0.4, 0.5) is 0 Å². The van der Waals surface area contributed by atoms with E-state index in [0.717, 1.165) is 24.3 Å². The summed E-state index contributed by atoms with van der Waals surface area (Å²) in [4.78, 5) is 11.5. The van der Waals surface area contributed by atoms with Crippen molar-refractivity contribution >= 4 is 5.91 Å². The molecule has 1 aliphatic rings. The van der Waals surface area contributed by atoms with Crippen LogP contribution in [0.3, 0.4) is 0 Å². The van der Waals surface area contributed by atoms with Gasteiger partial charge in [-0.1, -0.05) is 17.7 Å². The fourth-order valence-corrected chi connectivity index (χ4v) is 1.99. The van der Waals surface area contributed by atoms with Gasteiger partial charge in [0.05, 0.1) is 0 Å². The summed E-state index contributed by atoms with van der Waals surface area (Å²) in [6.07, 6.45) is 2.16. The molecule has 0 unspecified atom stereocenters. The summed E-state index contributed by atoms with van der Waals surface area (Å²) in [6, 6.07) is 15.5. The number of ether oxygens (including phenoxy) is 2. The highest BCUT2D eigenvalue weighted by Crippen LogP contribution is 2.24. The summed E-state index contributed by atoms with van der Waals surface area (Å²) >= 11 is 0. The van der Waals surface area contributed by atoms with E-state index in [4.69, 9.17) is 9.47 Å². The third-order valence-corrected chi connectivity index (χ3v) is 3.39. The molecule has 114 valence electrons. The van der Waals surface area contributed by atoms with Crippen molar-refractivity contribution in [1.82, 2.24) is 5.32 Å². The zero-order valence-electron chi connectivity index (χ0n) is 12.5. The van der Waals surface area contributed by atoms with E-state index in [1.165, 1.54) is 5.56 Å². The van der Waals surface area contributed by atoms with Gasteiger partial charge in [-0.15, -0.1) is 0 Å². The summed E-state index contributed by atoms with van der Waals surface area (Å²) < 4.78 is 11.2. The molecule has 1 aliphatic carbocycles. The highest BCUT2D eigenvalue weighted by atomic mass is 16.5. The Hall–Kier alpha value is -2.49. The van der Waals surface area contributed by atoms with Gasteiger partial charge in [0.25, 0.3) is 5.91 Å². The molecule has 0 spiro atoms. The Labute approximate surface area is 130 Å². The van der Waals surface area contributed by atoms with Crippen molar-refractivity contribution < 1.29 is 14.3 Å². The molecule has 3 rings (SSSR count). The minimum Gasteiger partial charge on any atom is -0.484 e. The zero-order chi connectivity index (χ0) is 15.4. The molecule has 0 bridgehead atoms. The van der Waals surface area contributed by atoms with Gasteiger partial charge in [-0.2, -0.15) is 0 Å². The van der Waals surface area contributed by atoms with Crippen molar-refractivity contribution in [2.24, 2.45) is 0 Å². The lowest BCUT2D eigenvalue weighted by molar-refractivity contribution is -0.123. The van der Waals surface area contributed by atoms with Crippen molar-refractivity contribution in [1.29, 1.82) is 0 Å². The molecule has 0 saturated heterocycles. The predicted molar refractivity (Wildman–Crippen MR) is 84.4 cm³/mol. The van der Waals surface area contributed by atoms with Crippen LogP contribution in [0, 0.1) is 6.92 Å². The van der Waals surface area contributed by atoms with Gasteiger partial charge in [-0.05, 0) is 56.2 Å². The second kappa shape index (κ2) is 6.52. The van der Waals surface area contributed by atoms with E-state index >= 15 is 0 Å². The Bertz CT molecular complexity index is 630. The molecular weight excluding hydrogens is 278 g/mol. The molecule has 0 aliphatic heterocycles. The first-order valence-electron chi connectivity index (χ1n) is 7.46. The second-order valence-corrected chi connectivity index (χ2v) is 5.52. The van der Waals surface area contributed by atoms with Gasteiger partial charge in [0.15, 0.2) is 6.61 Å². The molecule has 0 radical (unpaired) electrons. The smallest absolute Gasteiger partial charge is 0.258 e. The van der Waals surface area contributed by atoms with E-state index in [2.05, 4.69) is 5.32 Å². The molecule has 1 amide bonds. The maximum absolute atomic E-state index is 11.5. The maximum Gasteiger partial charge on any atom is 0.258 e. The molecule has 1 N–H and O–H groups in total. The van der Waals surface area contributed by atoms with Gasteiger partial charge < -0.3 is 14.8 Å². The predicted octanol–water partition coefficient (Wildman–Crippen LogP) is 3.44. The topological polar surface area (TPSA) is 47.6 Å². The van der Waals surface area contributed by atoms with E-state index in [1.807, 2.05) is 43.3 Å². The van der Waals surface area contributed by atoms with Crippen molar-refractivity contribution in [3.8, 4) is 17.2 Å². The highest BCUT2D eigenvalue weighted by molar-refractivity contribution is 5.78. The molecule has 2 aromatic rings. The first kappa shape index (κ1) is 14.4. The average Bonchev–Trinajstić information content (AvgIpc) is 3.33. The van der Waals surface area contributed by atoms with Crippen LogP contribution in [-0.4, -0.2) is 18.6 Å². The third-order valence-electron chi connectivity index (χ3n) is 3.39. The molecule has 2 aromatic carbocycles. The number of carbonyl (C=O) groups excluding carboxylic acids is 1. The summed E-state index contributed by atoms with van der Waals surface area (Å²) in [7, 11) is 0. The molecule has 22 heavy (non-hydrogen) atoms. The number of amides is 1. The van der Waals surface area contributed by atoms with E-state index in [0.29, 0.717) is 11.8 Å². The first-order chi connectivity index (χ1) is 10.7. The minimum atomic E-state index is -0.0671. The number of hydrogen-bond donors (Lipinski definition) is 1. The SMILES string of the molecule is Cc1ccc(Oc2ccc(OCC(=O)NC3CC3)cc2)cc1. The van der Waals surface area contributed by atoms with Gasteiger partial charge in [0.2, 0.25) is 0 Å². The normalized spacial score (nSPS) is 13.5. The lowest BCUT2D eigenvalue weighted by atomic mass is 10.2. The quantitative estimate of drug-likeness (QED) is 0.888. The summed E-state index contributed by atoms with van der Waals surface area (Å²) in [5.74, 6) is 2.12. The van der Waals surface area contributed by atoms with E-state index < -0.39 is 0 Å². The number of benzene rings is 2. The van der Waals surface area contributed by atoms with Crippen molar-refractivity contribution in [3.63, 3.8) is 0 Å². The van der Waals surface area contributed by atoms with Gasteiger partial charge in [0.1, 0.15) is 17.2 Å². The molecule has 1 fully saturated rings. The fraction of sp³-hybridized carbons (Fsp3) is 0.278. The van der Waals surface area contributed by atoms with Crippen LogP contribution < -0.4 is 14.8 Å². The molecule has 0 atom stereocenters. The fourth-order valence-electron chi connectivity index (χ4n) is 1.99. The standard InChI is InChI=1S/C18H19NO3/c1-13-2-6-16(7-3-13)22-17-10-8-15(9-11-17)21-12-18(20)19-14-4-5-14/h2-3,6-11,14H,4-5,12H2,1H3,(H,19,20). The Morgan fingerprint density at radius 2 is 1.55 bits per heavy atom. The number of nitrogens with one attached hydrogen (secondary N) is 1. The van der Waals surface area contributed by atoms with Gasteiger partial charge in [-0.25, -0.2) is 0 Å². The lowest BCUT2D eigenvalue weighted by Crippen LogP contribution is -2.30. The molecule has 4 heteroatoms. The van der Waals surface area contributed by atoms with Gasteiger partial charge >= 0.3 is 0 Å². The summed E-state index contributed by atoms with van der Waals surface area (Å²) in [6.45, 7) is 2.09. The lowest BCUT2D eigenvalue weighted by Gasteiger charge is -2.09.